The lowest BCUT2D eigenvalue weighted by atomic mass is 9.81. The molecule has 0 spiro atoms. The fourth-order valence-corrected chi connectivity index (χ4v) is 12.1. The first-order valence-electron chi connectivity index (χ1n) is 16.1. The largest absolute Gasteiger partial charge is 0.172 e. The average Bonchev–Trinajstić information content (AvgIpc) is 3.92. The molecule has 0 N–H and O–H groups in total. The summed E-state index contributed by atoms with van der Waals surface area (Å²) in [6.45, 7) is 13.6. The third kappa shape index (κ3) is 4.74. The van der Waals surface area contributed by atoms with Crippen LogP contribution in [0.2, 0.25) is 0 Å². The van der Waals surface area contributed by atoms with Gasteiger partial charge in [0.05, 0.1) is 11.7 Å². The Morgan fingerprint density at radius 2 is 1.02 bits per heavy atom. The third-order valence-corrected chi connectivity index (χ3v) is 15.4. The number of thiophene rings is 4. The number of aryl methyl sites for hydroxylation is 4. The zero-order chi connectivity index (χ0) is 32.9. The molecule has 0 radical (unpaired) electrons. The van der Waals surface area contributed by atoms with Gasteiger partial charge in [0.1, 0.15) is 11.0 Å². The molecule has 5 heterocycles. The number of fused-ring (bicyclic) bond motifs is 4. The predicted octanol–water partition coefficient (Wildman–Crippen LogP) is 13.8. The van der Waals surface area contributed by atoms with Gasteiger partial charge in [-0.3, -0.25) is 0 Å². The van der Waals surface area contributed by atoms with Crippen LogP contribution in [0.5, 0.6) is 0 Å². The summed E-state index contributed by atoms with van der Waals surface area (Å²) in [6.07, 6.45) is 0. The first-order valence-corrected chi connectivity index (χ1v) is 20.1. The first kappa shape index (κ1) is 30.3. The molecule has 0 aliphatic heterocycles. The standard InChI is InChI=1S/C41H32N2S5/c1-21-7-9-26-27-10-8-25(20-31(27)41(5,6)30(26)17-21)40-23(3)19-37(47-40)35-16-14-33(46-35)29-12-11-28(38-39(29)43-48-42-38)32-13-15-34(45-32)36-18-22(2)24(4)44-36/h7-20H,1-6H3. The Morgan fingerprint density at radius 1 is 0.479 bits per heavy atom. The molecule has 0 fully saturated rings. The second-order valence-corrected chi connectivity index (χ2v) is 18.4. The van der Waals surface area contributed by atoms with Crippen molar-refractivity contribution in [2.24, 2.45) is 0 Å². The van der Waals surface area contributed by atoms with E-state index in [2.05, 4.69) is 126 Å². The topological polar surface area (TPSA) is 25.8 Å². The van der Waals surface area contributed by atoms with Gasteiger partial charge in [-0.1, -0.05) is 61.9 Å². The van der Waals surface area contributed by atoms with E-state index in [1.807, 2.05) is 45.3 Å². The Hall–Kier alpha value is -3.72. The molecule has 7 heteroatoms. The van der Waals surface area contributed by atoms with Crippen molar-refractivity contribution < 1.29 is 0 Å². The molecule has 0 saturated carbocycles. The van der Waals surface area contributed by atoms with Crippen molar-refractivity contribution in [3.05, 3.63) is 118 Å². The maximum Gasteiger partial charge on any atom is 0.114 e. The van der Waals surface area contributed by atoms with Gasteiger partial charge < -0.3 is 0 Å². The van der Waals surface area contributed by atoms with Crippen LogP contribution in [0.15, 0.2) is 84.9 Å². The average molecular weight is 713 g/mol. The van der Waals surface area contributed by atoms with E-state index in [9.17, 15) is 0 Å². The number of hydrogen-bond donors (Lipinski definition) is 0. The monoisotopic (exact) mass is 712 g/mol. The van der Waals surface area contributed by atoms with Gasteiger partial charge in [-0.2, -0.15) is 8.75 Å². The first-order chi connectivity index (χ1) is 23.2. The maximum absolute atomic E-state index is 4.81. The Labute approximate surface area is 301 Å². The van der Waals surface area contributed by atoms with Crippen LogP contribution in [-0.4, -0.2) is 8.75 Å². The highest BCUT2D eigenvalue weighted by Crippen LogP contribution is 2.51. The van der Waals surface area contributed by atoms with E-state index < -0.39 is 0 Å². The van der Waals surface area contributed by atoms with Crippen molar-refractivity contribution in [3.63, 3.8) is 0 Å². The highest BCUT2D eigenvalue weighted by atomic mass is 32.1. The maximum atomic E-state index is 4.81. The van der Waals surface area contributed by atoms with Crippen LogP contribution in [0.1, 0.15) is 46.5 Å². The van der Waals surface area contributed by atoms with E-state index in [0.717, 1.165) is 22.2 Å². The molecule has 5 aromatic heterocycles. The van der Waals surface area contributed by atoms with E-state index in [0.29, 0.717) is 0 Å². The molecule has 236 valence electrons. The summed E-state index contributed by atoms with van der Waals surface area (Å²) in [4.78, 5) is 10.4. The molecule has 0 atom stereocenters. The molecule has 48 heavy (non-hydrogen) atoms. The predicted molar refractivity (Wildman–Crippen MR) is 213 cm³/mol. The van der Waals surface area contributed by atoms with Crippen LogP contribution in [0.3, 0.4) is 0 Å². The molecule has 9 rings (SSSR count). The number of hydrogen-bond acceptors (Lipinski definition) is 7. The van der Waals surface area contributed by atoms with Gasteiger partial charge in [-0.05, 0) is 109 Å². The van der Waals surface area contributed by atoms with Crippen molar-refractivity contribution in [2.45, 2.75) is 47.0 Å². The molecule has 3 aromatic carbocycles. The molecule has 0 bridgehead atoms. The quantitative estimate of drug-likeness (QED) is 0.178. The molecule has 0 amide bonds. The van der Waals surface area contributed by atoms with Crippen LogP contribution < -0.4 is 0 Å². The van der Waals surface area contributed by atoms with Crippen molar-refractivity contribution in [3.8, 4) is 62.0 Å². The van der Waals surface area contributed by atoms with Crippen molar-refractivity contribution in [2.75, 3.05) is 0 Å². The van der Waals surface area contributed by atoms with Crippen LogP contribution in [-0.2, 0) is 5.41 Å². The van der Waals surface area contributed by atoms with Crippen LogP contribution in [0, 0.1) is 27.7 Å². The van der Waals surface area contributed by atoms with Crippen LogP contribution in [0.4, 0.5) is 0 Å². The van der Waals surface area contributed by atoms with Gasteiger partial charge >= 0.3 is 0 Å². The lowest BCUT2D eigenvalue weighted by molar-refractivity contribution is 0.660. The molecular weight excluding hydrogens is 681 g/mol. The number of rotatable bonds is 5. The number of benzene rings is 3. The Balaban J connectivity index is 1.03. The number of nitrogens with zero attached hydrogens (tertiary/aromatic N) is 2. The third-order valence-electron chi connectivity index (χ3n) is 9.82. The van der Waals surface area contributed by atoms with E-state index in [-0.39, 0.29) is 5.41 Å². The molecule has 0 saturated heterocycles. The van der Waals surface area contributed by atoms with E-state index in [1.54, 1.807) is 0 Å². The van der Waals surface area contributed by atoms with Gasteiger partial charge in [0.25, 0.3) is 0 Å². The van der Waals surface area contributed by atoms with Gasteiger partial charge in [0, 0.05) is 55.6 Å². The molecule has 8 aromatic rings. The molecule has 1 aliphatic rings. The Morgan fingerprint density at radius 3 is 1.65 bits per heavy atom. The summed E-state index contributed by atoms with van der Waals surface area (Å²) in [5, 5.41) is 0. The fraction of sp³-hybridized carbons (Fsp3) is 0.171. The minimum Gasteiger partial charge on any atom is -0.172 e. The van der Waals surface area contributed by atoms with Crippen LogP contribution in [0.25, 0.3) is 73.0 Å². The van der Waals surface area contributed by atoms with Gasteiger partial charge in [-0.25, -0.2) is 0 Å². The summed E-state index contributed by atoms with van der Waals surface area (Å²) in [7, 11) is 0. The Bertz CT molecular complexity index is 2530. The molecule has 0 unspecified atom stereocenters. The van der Waals surface area contributed by atoms with Crippen molar-refractivity contribution in [1.82, 2.24) is 8.75 Å². The lowest BCUT2D eigenvalue weighted by Gasteiger charge is -2.22. The molecular formula is C41H32N2S5. The summed E-state index contributed by atoms with van der Waals surface area (Å²) >= 11 is 8.76. The zero-order valence-corrected chi connectivity index (χ0v) is 31.6. The highest BCUT2D eigenvalue weighted by Gasteiger charge is 2.35. The Kier molecular flexibility index (Phi) is 7.05. The van der Waals surface area contributed by atoms with Gasteiger partial charge in [-0.15, -0.1) is 45.3 Å². The normalized spacial score (nSPS) is 13.4. The summed E-state index contributed by atoms with van der Waals surface area (Å²) in [5.74, 6) is 0. The van der Waals surface area contributed by atoms with Crippen molar-refractivity contribution in [1.29, 1.82) is 0 Å². The summed E-state index contributed by atoms with van der Waals surface area (Å²) < 4.78 is 9.60. The minimum absolute atomic E-state index is 0.0110. The minimum atomic E-state index is -0.0110. The second kappa shape index (κ2) is 11.2. The van der Waals surface area contributed by atoms with Gasteiger partial charge in [0.2, 0.25) is 0 Å². The summed E-state index contributed by atoms with van der Waals surface area (Å²) in [5.41, 5.74) is 15.2. The molecule has 1 aliphatic carbocycles. The van der Waals surface area contributed by atoms with Crippen LogP contribution >= 0.6 is 57.1 Å². The van der Waals surface area contributed by atoms with Crippen molar-refractivity contribution >= 4 is 68.1 Å². The second-order valence-electron chi connectivity index (χ2n) is 13.4. The fourth-order valence-electron chi connectivity index (χ4n) is 7.07. The lowest BCUT2D eigenvalue weighted by Crippen LogP contribution is -2.15. The van der Waals surface area contributed by atoms with Gasteiger partial charge in [0.15, 0.2) is 0 Å². The smallest absolute Gasteiger partial charge is 0.114 e. The SMILES string of the molecule is Cc1ccc2c(c1)C(C)(C)c1cc(-c3sc(-c4ccc(-c5ccc(-c6ccc(-c7cc(C)c(C)s7)s6)c6nsnc56)s4)cc3C)ccc1-2. The van der Waals surface area contributed by atoms with E-state index in [4.69, 9.17) is 8.75 Å². The van der Waals surface area contributed by atoms with E-state index >= 15 is 0 Å². The van der Waals surface area contributed by atoms with E-state index in [1.165, 1.54) is 95.3 Å². The molecule has 2 nitrogen and oxygen atoms in total. The highest BCUT2D eigenvalue weighted by molar-refractivity contribution is 7.25. The zero-order valence-electron chi connectivity index (χ0n) is 27.5. The number of aromatic nitrogens is 2. The summed E-state index contributed by atoms with van der Waals surface area (Å²) in [6, 6.07) is 32.2.